The third kappa shape index (κ3) is 4.98. The fourth-order valence-corrected chi connectivity index (χ4v) is 3.56. The molecule has 148 valence electrons. The van der Waals surface area contributed by atoms with Crippen LogP contribution in [-0.2, 0) is 22.4 Å². The molecule has 0 heterocycles. The monoisotopic (exact) mass is 433 g/mol. The summed E-state index contributed by atoms with van der Waals surface area (Å²) in [6, 6.07) is 3.82. The molecule has 0 saturated heterocycles. The maximum atomic E-state index is 12.9. The number of nitrogens with one attached hydrogen (secondary N) is 1. The Kier molecular flexibility index (Phi) is 5.58. The Morgan fingerprint density at radius 2 is 1.44 bits per heavy atom. The summed E-state index contributed by atoms with van der Waals surface area (Å²) < 4.78 is 109. The average molecular weight is 434 g/mol. The maximum Gasteiger partial charge on any atom is 0.416 e. The lowest BCUT2D eigenvalue weighted by Crippen LogP contribution is -2.17. The Morgan fingerprint density at radius 1 is 0.926 bits per heavy atom. The van der Waals surface area contributed by atoms with E-state index in [1.807, 2.05) is 0 Å². The number of methoxy groups -OCH3 is 1. The SMILES string of the molecule is COc1ccc(Cl)cc1S(=O)(=O)Nc1cc(C(F)(F)F)cc(C(F)(F)F)c1. The third-order valence-electron chi connectivity index (χ3n) is 3.26. The van der Waals surface area contributed by atoms with Gasteiger partial charge in [0.25, 0.3) is 10.0 Å². The summed E-state index contributed by atoms with van der Waals surface area (Å²) in [4.78, 5) is -0.552. The van der Waals surface area contributed by atoms with Gasteiger partial charge in [-0.1, -0.05) is 11.6 Å². The summed E-state index contributed by atoms with van der Waals surface area (Å²) >= 11 is 5.71. The molecule has 0 radical (unpaired) electrons. The Bertz CT molecular complexity index is 925. The molecule has 2 rings (SSSR count). The summed E-state index contributed by atoms with van der Waals surface area (Å²) in [5.74, 6) is -0.199. The lowest BCUT2D eigenvalue weighted by molar-refractivity contribution is -0.143. The molecule has 4 nitrogen and oxygen atoms in total. The van der Waals surface area contributed by atoms with Gasteiger partial charge in [0.2, 0.25) is 0 Å². The first-order valence-electron chi connectivity index (χ1n) is 6.90. The van der Waals surface area contributed by atoms with E-state index in [0.29, 0.717) is 0 Å². The molecule has 0 aliphatic heterocycles. The number of sulfonamides is 1. The number of halogens is 7. The van der Waals surface area contributed by atoms with Crippen molar-refractivity contribution >= 4 is 27.3 Å². The molecule has 0 aliphatic rings. The van der Waals surface area contributed by atoms with Crippen LogP contribution >= 0.6 is 11.6 Å². The molecule has 1 N–H and O–H groups in total. The summed E-state index contributed by atoms with van der Waals surface area (Å²) in [7, 11) is -3.46. The van der Waals surface area contributed by atoms with Crippen LogP contribution < -0.4 is 9.46 Å². The molecule has 0 aromatic heterocycles. The van der Waals surface area contributed by atoms with Gasteiger partial charge in [0, 0.05) is 5.02 Å². The molecular formula is C15H10ClF6NO3S. The van der Waals surface area contributed by atoms with Crippen molar-refractivity contribution in [3.63, 3.8) is 0 Å². The van der Waals surface area contributed by atoms with E-state index in [2.05, 4.69) is 0 Å². The largest absolute Gasteiger partial charge is 0.495 e. The van der Waals surface area contributed by atoms with E-state index in [4.69, 9.17) is 16.3 Å². The highest BCUT2D eigenvalue weighted by atomic mass is 35.5. The molecule has 0 amide bonds. The molecule has 2 aromatic rings. The van der Waals surface area contributed by atoms with Crippen LogP contribution in [0.3, 0.4) is 0 Å². The Labute approximate surface area is 154 Å². The summed E-state index contributed by atoms with van der Waals surface area (Å²) in [6.07, 6.45) is -10.2. The van der Waals surface area contributed by atoms with E-state index in [1.165, 1.54) is 12.1 Å². The normalized spacial score (nSPS) is 12.7. The molecule has 12 heteroatoms. The lowest BCUT2D eigenvalue weighted by Gasteiger charge is -2.16. The van der Waals surface area contributed by atoms with Crippen molar-refractivity contribution < 1.29 is 39.5 Å². The van der Waals surface area contributed by atoms with Gasteiger partial charge in [0.1, 0.15) is 10.6 Å². The van der Waals surface area contributed by atoms with Crippen LogP contribution in [-0.4, -0.2) is 15.5 Å². The van der Waals surface area contributed by atoms with Gasteiger partial charge in [-0.3, -0.25) is 4.72 Å². The van der Waals surface area contributed by atoms with E-state index in [-0.39, 0.29) is 29.0 Å². The maximum absolute atomic E-state index is 12.9. The number of hydrogen-bond acceptors (Lipinski definition) is 3. The zero-order chi connectivity index (χ0) is 20.6. The molecular weight excluding hydrogens is 424 g/mol. The number of benzene rings is 2. The molecule has 0 atom stereocenters. The second-order valence-corrected chi connectivity index (χ2v) is 7.28. The van der Waals surface area contributed by atoms with E-state index >= 15 is 0 Å². The van der Waals surface area contributed by atoms with Crippen molar-refractivity contribution in [2.45, 2.75) is 17.2 Å². The van der Waals surface area contributed by atoms with Crippen molar-refractivity contribution in [2.24, 2.45) is 0 Å². The Morgan fingerprint density at radius 3 is 1.89 bits per heavy atom. The molecule has 0 bridgehead atoms. The predicted molar refractivity (Wildman–Crippen MR) is 85.3 cm³/mol. The molecule has 27 heavy (non-hydrogen) atoms. The summed E-state index contributed by atoms with van der Waals surface area (Å²) in [5, 5.41) is -0.0313. The summed E-state index contributed by atoms with van der Waals surface area (Å²) in [5.41, 5.74) is -4.24. The smallest absolute Gasteiger partial charge is 0.416 e. The van der Waals surface area contributed by atoms with Crippen LogP contribution in [0.15, 0.2) is 41.3 Å². The van der Waals surface area contributed by atoms with Crippen molar-refractivity contribution in [2.75, 3.05) is 11.8 Å². The molecule has 0 spiro atoms. The third-order valence-corrected chi connectivity index (χ3v) is 4.89. The minimum Gasteiger partial charge on any atom is -0.495 e. The number of ether oxygens (including phenoxy) is 1. The topological polar surface area (TPSA) is 55.4 Å². The molecule has 0 unspecified atom stereocenters. The van der Waals surface area contributed by atoms with Gasteiger partial charge in [-0.05, 0) is 36.4 Å². The number of alkyl halides is 6. The van der Waals surface area contributed by atoms with Crippen LogP contribution in [0.1, 0.15) is 11.1 Å². The standard InChI is InChI=1S/C15H10ClF6NO3S/c1-26-12-3-2-10(16)7-13(12)27(24,25)23-11-5-8(14(17,18)19)4-9(6-11)15(20,21)22/h2-7,23H,1H3. The second-order valence-electron chi connectivity index (χ2n) is 5.20. The number of anilines is 1. The first-order valence-corrected chi connectivity index (χ1v) is 8.76. The molecule has 2 aromatic carbocycles. The van der Waals surface area contributed by atoms with Crippen LogP contribution in [0.4, 0.5) is 32.0 Å². The van der Waals surface area contributed by atoms with Gasteiger partial charge >= 0.3 is 12.4 Å². The lowest BCUT2D eigenvalue weighted by atomic mass is 10.1. The number of hydrogen-bond donors (Lipinski definition) is 1. The van der Waals surface area contributed by atoms with E-state index in [0.717, 1.165) is 13.2 Å². The van der Waals surface area contributed by atoms with E-state index in [9.17, 15) is 34.8 Å². The Hall–Kier alpha value is -2.14. The molecule has 0 aliphatic carbocycles. The predicted octanol–water partition coefficient (Wildman–Crippen LogP) is 5.19. The van der Waals surface area contributed by atoms with Gasteiger partial charge in [0.15, 0.2) is 0 Å². The number of rotatable bonds is 4. The van der Waals surface area contributed by atoms with Crippen LogP contribution in [0.2, 0.25) is 5.02 Å². The van der Waals surface area contributed by atoms with Gasteiger partial charge in [-0.25, -0.2) is 8.42 Å². The van der Waals surface area contributed by atoms with Crippen molar-refractivity contribution in [1.29, 1.82) is 0 Å². The van der Waals surface area contributed by atoms with E-state index in [1.54, 1.807) is 4.72 Å². The van der Waals surface area contributed by atoms with Gasteiger partial charge in [0.05, 0.1) is 23.9 Å². The van der Waals surface area contributed by atoms with Gasteiger partial charge < -0.3 is 4.74 Å². The summed E-state index contributed by atoms with van der Waals surface area (Å²) in [6.45, 7) is 0. The fraction of sp³-hybridized carbons (Fsp3) is 0.200. The zero-order valence-corrected chi connectivity index (χ0v) is 14.8. The first-order chi connectivity index (χ1) is 12.2. The first kappa shape index (κ1) is 21.2. The van der Waals surface area contributed by atoms with Gasteiger partial charge in [-0.2, -0.15) is 26.3 Å². The highest BCUT2D eigenvalue weighted by Crippen LogP contribution is 2.38. The minimum atomic E-state index is -5.12. The van der Waals surface area contributed by atoms with Crippen molar-refractivity contribution in [1.82, 2.24) is 0 Å². The second kappa shape index (κ2) is 7.12. The van der Waals surface area contributed by atoms with Crippen molar-refractivity contribution in [3.05, 3.63) is 52.5 Å². The van der Waals surface area contributed by atoms with Crippen LogP contribution in [0.5, 0.6) is 5.75 Å². The van der Waals surface area contributed by atoms with Crippen molar-refractivity contribution in [3.8, 4) is 5.75 Å². The van der Waals surface area contributed by atoms with Gasteiger partial charge in [-0.15, -0.1) is 0 Å². The minimum absolute atomic E-state index is 0.0313. The van der Waals surface area contributed by atoms with Crippen LogP contribution in [0.25, 0.3) is 0 Å². The fourth-order valence-electron chi connectivity index (χ4n) is 2.08. The van der Waals surface area contributed by atoms with Crippen LogP contribution in [0, 0.1) is 0 Å². The zero-order valence-electron chi connectivity index (χ0n) is 13.2. The quantitative estimate of drug-likeness (QED) is 0.675. The Balaban J connectivity index is 2.58. The molecule has 0 fully saturated rings. The highest BCUT2D eigenvalue weighted by Gasteiger charge is 2.37. The molecule has 0 saturated carbocycles. The highest BCUT2D eigenvalue weighted by molar-refractivity contribution is 7.92. The van der Waals surface area contributed by atoms with E-state index < -0.39 is 44.1 Å². The average Bonchev–Trinajstić information content (AvgIpc) is 2.52.